The number of unbranched alkanes of at least 4 members (excludes halogenated alkanes) is 1. The van der Waals surface area contributed by atoms with E-state index in [-0.39, 0.29) is 30.1 Å². The molecule has 1 saturated heterocycles. The molecular formula is C10H17N3O3. The number of nitrogens with one attached hydrogen (secondary N) is 2. The van der Waals surface area contributed by atoms with Crippen LogP contribution in [0, 0.1) is 5.92 Å². The lowest BCUT2D eigenvalue weighted by Gasteiger charge is -2.08. The molecule has 16 heavy (non-hydrogen) atoms. The molecule has 1 unspecified atom stereocenters. The Morgan fingerprint density at radius 2 is 2.19 bits per heavy atom. The Morgan fingerprint density at radius 1 is 1.44 bits per heavy atom. The summed E-state index contributed by atoms with van der Waals surface area (Å²) in [6, 6.07) is 0. The lowest BCUT2D eigenvalue weighted by molar-refractivity contribution is -0.126. The molecule has 0 radical (unpaired) electrons. The summed E-state index contributed by atoms with van der Waals surface area (Å²) in [6.45, 7) is 0.947. The molecule has 90 valence electrons. The van der Waals surface area contributed by atoms with E-state index in [2.05, 4.69) is 10.6 Å². The van der Waals surface area contributed by atoms with Crippen molar-refractivity contribution < 1.29 is 14.4 Å². The first-order chi connectivity index (χ1) is 7.59. The highest BCUT2D eigenvalue weighted by atomic mass is 16.2. The van der Waals surface area contributed by atoms with Crippen LogP contribution in [0.5, 0.6) is 0 Å². The number of rotatable bonds is 6. The van der Waals surface area contributed by atoms with Gasteiger partial charge < -0.3 is 16.4 Å². The van der Waals surface area contributed by atoms with Crippen molar-refractivity contribution in [3.63, 3.8) is 0 Å². The van der Waals surface area contributed by atoms with Crippen LogP contribution in [0.25, 0.3) is 0 Å². The largest absolute Gasteiger partial charge is 0.370 e. The fraction of sp³-hybridized carbons (Fsp3) is 0.700. The van der Waals surface area contributed by atoms with Crippen molar-refractivity contribution >= 4 is 17.7 Å². The second-order valence-electron chi connectivity index (χ2n) is 3.92. The zero-order valence-corrected chi connectivity index (χ0v) is 9.12. The molecule has 0 aromatic heterocycles. The zero-order valence-electron chi connectivity index (χ0n) is 9.12. The van der Waals surface area contributed by atoms with E-state index < -0.39 is 0 Å². The molecule has 0 aromatic carbocycles. The number of nitrogens with two attached hydrogens (primary N) is 1. The summed E-state index contributed by atoms with van der Waals surface area (Å²) in [7, 11) is 0. The van der Waals surface area contributed by atoms with Gasteiger partial charge in [-0.2, -0.15) is 0 Å². The van der Waals surface area contributed by atoms with Crippen LogP contribution in [0.2, 0.25) is 0 Å². The number of amides is 3. The van der Waals surface area contributed by atoms with Gasteiger partial charge in [0.1, 0.15) is 0 Å². The van der Waals surface area contributed by atoms with Gasteiger partial charge in [0.25, 0.3) is 0 Å². The van der Waals surface area contributed by atoms with E-state index >= 15 is 0 Å². The van der Waals surface area contributed by atoms with Gasteiger partial charge in [-0.3, -0.25) is 14.4 Å². The fourth-order valence-electron chi connectivity index (χ4n) is 1.57. The van der Waals surface area contributed by atoms with E-state index in [4.69, 9.17) is 5.73 Å². The Hall–Kier alpha value is -1.59. The second kappa shape index (κ2) is 6.09. The molecule has 0 bridgehead atoms. The van der Waals surface area contributed by atoms with Gasteiger partial charge in [0.05, 0.1) is 5.92 Å². The third kappa shape index (κ3) is 4.29. The summed E-state index contributed by atoms with van der Waals surface area (Å²) in [5, 5.41) is 5.34. The van der Waals surface area contributed by atoms with Crippen molar-refractivity contribution in [3.05, 3.63) is 0 Å². The van der Waals surface area contributed by atoms with E-state index in [0.717, 1.165) is 6.42 Å². The molecule has 6 nitrogen and oxygen atoms in total. The van der Waals surface area contributed by atoms with Crippen molar-refractivity contribution in [1.29, 1.82) is 0 Å². The average molecular weight is 227 g/mol. The minimum Gasteiger partial charge on any atom is -0.370 e. The van der Waals surface area contributed by atoms with E-state index in [1.54, 1.807) is 0 Å². The monoisotopic (exact) mass is 227 g/mol. The summed E-state index contributed by atoms with van der Waals surface area (Å²) in [5.41, 5.74) is 4.98. The summed E-state index contributed by atoms with van der Waals surface area (Å²) in [6.07, 6.45) is 2.02. The molecule has 3 amide bonds. The van der Waals surface area contributed by atoms with Crippen LogP contribution in [-0.2, 0) is 14.4 Å². The molecule has 1 fully saturated rings. The quantitative estimate of drug-likeness (QED) is 0.502. The minimum absolute atomic E-state index is 0.0751. The summed E-state index contributed by atoms with van der Waals surface area (Å²) >= 11 is 0. The number of primary amides is 1. The Labute approximate surface area is 93.9 Å². The SMILES string of the molecule is NC(=O)CCCCNC(=O)C1CNC(=O)C1. The highest BCUT2D eigenvalue weighted by molar-refractivity contribution is 5.89. The Morgan fingerprint density at radius 3 is 2.75 bits per heavy atom. The van der Waals surface area contributed by atoms with Gasteiger partial charge >= 0.3 is 0 Å². The van der Waals surface area contributed by atoms with Gasteiger partial charge in [-0.15, -0.1) is 0 Å². The minimum atomic E-state index is -0.322. The highest BCUT2D eigenvalue weighted by Crippen LogP contribution is 2.08. The predicted molar refractivity (Wildman–Crippen MR) is 57.2 cm³/mol. The van der Waals surface area contributed by atoms with Crippen molar-refractivity contribution in [1.82, 2.24) is 10.6 Å². The third-order valence-corrected chi connectivity index (χ3v) is 2.50. The van der Waals surface area contributed by atoms with Crippen molar-refractivity contribution in [2.24, 2.45) is 11.7 Å². The first kappa shape index (κ1) is 12.5. The van der Waals surface area contributed by atoms with Crippen LogP contribution in [0.15, 0.2) is 0 Å². The Balaban J connectivity index is 2.06. The highest BCUT2D eigenvalue weighted by Gasteiger charge is 2.27. The topological polar surface area (TPSA) is 101 Å². The molecule has 4 N–H and O–H groups in total. The van der Waals surface area contributed by atoms with Gasteiger partial charge in [0.15, 0.2) is 0 Å². The standard InChI is InChI=1S/C10H17N3O3/c11-8(14)3-1-2-4-12-10(16)7-5-9(15)13-6-7/h7H,1-6H2,(H2,11,14)(H,12,16)(H,13,15). The van der Waals surface area contributed by atoms with Crippen LogP contribution in [0.3, 0.4) is 0 Å². The van der Waals surface area contributed by atoms with Gasteiger partial charge in [-0.05, 0) is 12.8 Å². The summed E-state index contributed by atoms with van der Waals surface area (Å²) in [4.78, 5) is 32.8. The zero-order chi connectivity index (χ0) is 12.0. The second-order valence-corrected chi connectivity index (χ2v) is 3.92. The lowest BCUT2D eigenvalue weighted by Crippen LogP contribution is -2.32. The van der Waals surface area contributed by atoms with Gasteiger partial charge in [0.2, 0.25) is 17.7 Å². The first-order valence-corrected chi connectivity index (χ1v) is 5.42. The number of carbonyl (C=O) groups is 3. The molecule has 6 heteroatoms. The maximum atomic E-state index is 11.5. The third-order valence-electron chi connectivity index (χ3n) is 2.50. The molecule has 0 aromatic rings. The molecule has 1 heterocycles. The van der Waals surface area contributed by atoms with Crippen molar-refractivity contribution in [3.8, 4) is 0 Å². The fourth-order valence-corrected chi connectivity index (χ4v) is 1.57. The predicted octanol–water partition coefficient (Wildman–Crippen LogP) is -1.11. The molecule has 0 aliphatic carbocycles. The van der Waals surface area contributed by atoms with Gasteiger partial charge in [0, 0.05) is 25.9 Å². The van der Waals surface area contributed by atoms with E-state index in [1.165, 1.54) is 0 Å². The van der Waals surface area contributed by atoms with Crippen molar-refractivity contribution in [2.45, 2.75) is 25.7 Å². The van der Waals surface area contributed by atoms with Crippen LogP contribution in [-0.4, -0.2) is 30.8 Å². The maximum absolute atomic E-state index is 11.5. The molecular weight excluding hydrogens is 210 g/mol. The van der Waals surface area contributed by atoms with Crippen LogP contribution >= 0.6 is 0 Å². The smallest absolute Gasteiger partial charge is 0.225 e. The van der Waals surface area contributed by atoms with Crippen LogP contribution < -0.4 is 16.4 Å². The van der Waals surface area contributed by atoms with Crippen LogP contribution in [0.1, 0.15) is 25.7 Å². The van der Waals surface area contributed by atoms with Crippen molar-refractivity contribution in [2.75, 3.05) is 13.1 Å². The van der Waals surface area contributed by atoms with Crippen LogP contribution in [0.4, 0.5) is 0 Å². The lowest BCUT2D eigenvalue weighted by atomic mass is 10.1. The maximum Gasteiger partial charge on any atom is 0.225 e. The molecule has 0 saturated carbocycles. The molecule has 1 aliphatic rings. The summed E-state index contributed by atoms with van der Waals surface area (Å²) in [5.74, 6) is -0.744. The Kier molecular flexibility index (Phi) is 4.75. The van der Waals surface area contributed by atoms with E-state index in [1.807, 2.05) is 0 Å². The molecule has 1 rings (SSSR count). The first-order valence-electron chi connectivity index (χ1n) is 5.42. The molecule has 1 aliphatic heterocycles. The molecule has 1 atom stereocenters. The average Bonchev–Trinajstić information content (AvgIpc) is 2.63. The Bertz CT molecular complexity index is 291. The van der Waals surface area contributed by atoms with Gasteiger partial charge in [-0.1, -0.05) is 0 Å². The molecule has 0 spiro atoms. The number of hydrogen-bond acceptors (Lipinski definition) is 3. The number of hydrogen-bond donors (Lipinski definition) is 3. The van der Waals surface area contributed by atoms with E-state index in [9.17, 15) is 14.4 Å². The van der Waals surface area contributed by atoms with Gasteiger partial charge in [-0.25, -0.2) is 0 Å². The van der Waals surface area contributed by atoms with E-state index in [0.29, 0.717) is 25.9 Å². The summed E-state index contributed by atoms with van der Waals surface area (Å²) < 4.78 is 0. The number of carbonyl (C=O) groups excluding carboxylic acids is 3. The normalized spacial score (nSPS) is 19.2.